The predicted molar refractivity (Wildman–Crippen MR) is 127 cm³/mol. The summed E-state index contributed by atoms with van der Waals surface area (Å²) in [5, 5.41) is 16.6. The van der Waals surface area contributed by atoms with Gasteiger partial charge in [0.2, 0.25) is 5.95 Å². The minimum absolute atomic E-state index is 0.0906. The molecule has 0 spiro atoms. The molecule has 0 fully saturated rings. The number of phenols is 1. The Balaban J connectivity index is 1.75. The molecule has 154 valence electrons. The molecule has 31 heavy (non-hydrogen) atoms. The summed E-state index contributed by atoms with van der Waals surface area (Å²) in [4.78, 5) is 9.37. The Hall–Kier alpha value is -3.41. The Morgan fingerprint density at radius 1 is 0.839 bits per heavy atom. The molecule has 1 heterocycles. The van der Waals surface area contributed by atoms with Crippen LogP contribution in [0.4, 0.5) is 5.95 Å². The van der Waals surface area contributed by atoms with E-state index in [-0.39, 0.29) is 10.8 Å². The molecule has 0 aliphatic rings. The summed E-state index contributed by atoms with van der Waals surface area (Å²) in [7, 11) is 1.73. The van der Waals surface area contributed by atoms with Crippen molar-refractivity contribution >= 4 is 35.4 Å². The SMILES string of the molecule is CN(/N=C\c1cc(Cl)cc(Cl)c1O)c1nc(-c2ccccc2)cc(-c2ccccc2)n1. The first kappa shape index (κ1) is 20.8. The number of halogens is 2. The molecule has 0 atom stereocenters. The predicted octanol–water partition coefficient (Wildman–Crippen LogP) is 6.29. The number of aromatic nitrogens is 2. The van der Waals surface area contributed by atoms with E-state index in [0.29, 0.717) is 16.5 Å². The summed E-state index contributed by atoms with van der Waals surface area (Å²) in [5.41, 5.74) is 3.90. The van der Waals surface area contributed by atoms with Gasteiger partial charge in [0.15, 0.2) is 0 Å². The first-order valence-corrected chi connectivity index (χ1v) is 10.2. The van der Waals surface area contributed by atoms with Crippen molar-refractivity contribution < 1.29 is 5.11 Å². The number of anilines is 1. The van der Waals surface area contributed by atoms with Crippen LogP contribution < -0.4 is 5.01 Å². The van der Waals surface area contributed by atoms with E-state index < -0.39 is 0 Å². The number of hydrogen-bond donors (Lipinski definition) is 1. The van der Waals surface area contributed by atoms with Crippen molar-refractivity contribution in [3.63, 3.8) is 0 Å². The second-order valence-electron chi connectivity index (χ2n) is 6.76. The van der Waals surface area contributed by atoms with E-state index in [1.54, 1.807) is 13.1 Å². The molecule has 0 saturated heterocycles. The molecule has 4 aromatic rings. The fourth-order valence-electron chi connectivity index (χ4n) is 2.98. The molecule has 0 aliphatic carbocycles. The zero-order valence-corrected chi connectivity index (χ0v) is 18.1. The Bertz CT molecular complexity index is 1170. The maximum Gasteiger partial charge on any atom is 0.247 e. The number of benzene rings is 3. The van der Waals surface area contributed by atoms with Crippen molar-refractivity contribution in [2.24, 2.45) is 5.10 Å². The van der Waals surface area contributed by atoms with Crippen LogP contribution in [-0.4, -0.2) is 28.3 Å². The summed E-state index contributed by atoms with van der Waals surface area (Å²) in [6.45, 7) is 0. The van der Waals surface area contributed by atoms with E-state index in [9.17, 15) is 5.11 Å². The van der Waals surface area contributed by atoms with Gasteiger partial charge in [-0.25, -0.2) is 15.0 Å². The molecule has 0 amide bonds. The highest BCUT2D eigenvalue weighted by atomic mass is 35.5. The van der Waals surface area contributed by atoms with E-state index >= 15 is 0 Å². The van der Waals surface area contributed by atoms with Gasteiger partial charge in [-0.3, -0.25) is 0 Å². The molecule has 1 aromatic heterocycles. The lowest BCUT2D eigenvalue weighted by Crippen LogP contribution is -2.13. The van der Waals surface area contributed by atoms with Gasteiger partial charge in [-0.2, -0.15) is 5.10 Å². The first-order chi connectivity index (χ1) is 15.0. The molecule has 7 heteroatoms. The third-order valence-electron chi connectivity index (χ3n) is 4.57. The van der Waals surface area contributed by atoms with Crippen molar-refractivity contribution in [2.75, 3.05) is 12.1 Å². The minimum Gasteiger partial charge on any atom is -0.506 e. The van der Waals surface area contributed by atoms with Crippen molar-refractivity contribution in [1.29, 1.82) is 0 Å². The highest BCUT2D eigenvalue weighted by Crippen LogP contribution is 2.30. The van der Waals surface area contributed by atoms with Crippen LogP contribution in [-0.2, 0) is 0 Å². The lowest BCUT2D eigenvalue weighted by molar-refractivity contribution is 0.474. The molecule has 1 N–H and O–H groups in total. The number of hydrogen-bond acceptors (Lipinski definition) is 5. The molecule has 0 unspecified atom stereocenters. The molecule has 3 aromatic carbocycles. The number of aromatic hydroxyl groups is 1. The molecule has 5 nitrogen and oxygen atoms in total. The van der Waals surface area contributed by atoms with Crippen molar-refractivity contribution in [3.05, 3.63) is 94.5 Å². The Morgan fingerprint density at radius 2 is 1.39 bits per heavy atom. The van der Waals surface area contributed by atoms with Crippen molar-refractivity contribution in [2.45, 2.75) is 0 Å². The average Bonchev–Trinajstić information content (AvgIpc) is 2.81. The number of hydrazone groups is 1. The standard InChI is InChI=1S/C24H18Cl2N4O/c1-30(27-15-18-12-19(25)13-20(26)23(18)31)24-28-21(16-8-4-2-5-9-16)14-22(29-24)17-10-6-3-7-11-17/h2-15,31H,1H3/b27-15-. The maximum atomic E-state index is 10.2. The van der Waals surface area contributed by atoms with E-state index in [1.807, 2.05) is 66.7 Å². The average molecular weight is 449 g/mol. The number of rotatable bonds is 5. The molecular weight excluding hydrogens is 431 g/mol. The van der Waals surface area contributed by atoms with Crippen LogP contribution in [0.3, 0.4) is 0 Å². The smallest absolute Gasteiger partial charge is 0.247 e. The number of phenolic OH excluding ortho intramolecular Hbond substituents is 1. The minimum atomic E-state index is -0.0906. The zero-order chi connectivity index (χ0) is 21.8. The second kappa shape index (κ2) is 9.16. The summed E-state index contributed by atoms with van der Waals surface area (Å²) in [6, 6.07) is 24.8. The Kier molecular flexibility index (Phi) is 6.16. The number of nitrogens with zero attached hydrogens (tertiary/aromatic N) is 4. The van der Waals surface area contributed by atoms with Crippen LogP contribution in [0.15, 0.2) is 84.0 Å². The summed E-state index contributed by atoms with van der Waals surface area (Å²) in [6.07, 6.45) is 1.47. The van der Waals surface area contributed by atoms with E-state index in [4.69, 9.17) is 23.2 Å². The Labute approximate surface area is 190 Å². The molecule has 0 bridgehead atoms. The van der Waals surface area contributed by atoms with Gasteiger partial charge >= 0.3 is 0 Å². The Morgan fingerprint density at radius 3 is 1.94 bits per heavy atom. The summed E-state index contributed by atoms with van der Waals surface area (Å²) < 4.78 is 0. The highest BCUT2D eigenvalue weighted by Gasteiger charge is 2.12. The summed E-state index contributed by atoms with van der Waals surface area (Å²) >= 11 is 12.0. The van der Waals surface area contributed by atoms with Crippen LogP contribution in [0, 0.1) is 0 Å². The third kappa shape index (κ3) is 4.85. The lowest BCUT2D eigenvalue weighted by atomic mass is 10.1. The van der Waals surface area contributed by atoms with Gasteiger partial charge < -0.3 is 5.11 Å². The third-order valence-corrected chi connectivity index (χ3v) is 5.08. The quantitative estimate of drug-likeness (QED) is 0.287. The first-order valence-electron chi connectivity index (χ1n) is 9.47. The monoisotopic (exact) mass is 448 g/mol. The van der Waals surface area contributed by atoms with Gasteiger partial charge in [0.25, 0.3) is 0 Å². The molecule has 4 rings (SSSR count). The molecule has 0 saturated carbocycles. The molecule has 0 aliphatic heterocycles. The fraction of sp³-hybridized carbons (Fsp3) is 0.0417. The van der Waals surface area contributed by atoms with Gasteiger partial charge in [-0.15, -0.1) is 0 Å². The lowest BCUT2D eigenvalue weighted by Gasteiger charge is -2.14. The largest absolute Gasteiger partial charge is 0.506 e. The topological polar surface area (TPSA) is 61.6 Å². The van der Waals surface area contributed by atoms with Crippen LogP contribution in [0.2, 0.25) is 10.0 Å². The van der Waals surface area contributed by atoms with Crippen LogP contribution >= 0.6 is 23.2 Å². The van der Waals surface area contributed by atoms with Gasteiger partial charge in [-0.05, 0) is 18.2 Å². The normalized spacial score (nSPS) is 11.1. The van der Waals surface area contributed by atoms with Crippen molar-refractivity contribution in [1.82, 2.24) is 9.97 Å². The van der Waals surface area contributed by atoms with E-state index in [1.165, 1.54) is 17.3 Å². The summed E-state index contributed by atoms with van der Waals surface area (Å²) in [5.74, 6) is 0.316. The van der Waals surface area contributed by atoms with Crippen LogP contribution in [0.25, 0.3) is 22.5 Å². The second-order valence-corrected chi connectivity index (χ2v) is 7.61. The van der Waals surface area contributed by atoms with Crippen LogP contribution in [0.5, 0.6) is 5.75 Å². The highest BCUT2D eigenvalue weighted by molar-refractivity contribution is 6.36. The van der Waals surface area contributed by atoms with Crippen molar-refractivity contribution in [3.8, 4) is 28.3 Å². The van der Waals surface area contributed by atoms with Gasteiger partial charge in [0.1, 0.15) is 5.75 Å². The van der Waals surface area contributed by atoms with E-state index in [2.05, 4.69) is 15.1 Å². The maximum absolute atomic E-state index is 10.2. The van der Waals surface area contributed by atoms with Crippen LogP contribution in [0.1, 0.15) is 5.56 Å². The molecule has 0 radical (unpaired) electrons. The van der Waals surface area contributed by atoms with E-state index in [0.717, 1.165) is 22.5 Å². The van der Waals surface area contributed by atoms with Gasteiger partial charge in [0.05, 0.1) is 22.6 Å². The zero-order valence-electron chi connectivity index (χ0n) is 16.6. The fourth-order valence-corrected chi connectivity index (χ4v) is 3.49. The molecular formula is C24H18Cl2N4O. The van der Waals surface area contributed by atoms with Gasteiger partial charge in [0, 0.05) is 28.8 Å². The van der Waals surface area contributed by atoms with Gasteiger partial charge in [-0.1, -0.05) is 83.9 Å².